The third-order valence-corrected chi connectivity index (χ3v) is 3.35. The highest BCUT2D eigenvalue weighted by Crippen LogP contribution is 2.40. The van der Waals surface area contributed by atoms with Crippen molar-refractivity contribution in [3.8, 4) is 0 Å². The molecule has 0 amide bonds. The fourth-order valence-corrected chi connectivity index (χ4v) is 1.94. The zero-order valence-electron chi connectivity index (χ0n) is 8.54. The van der Waals surface area contributed by atoms with Gasteiger partial charge in [-0.05, 0) is 18.3 Å². The van der Waals surface area contributed by atoms with Crippen molar-refractivity contribution < 1.29 is 14.6 Å². The quantitative estimate of drug-likeness (QED) is 0.730. The molecule has 2 atom stereocenters. The first kappa shape index (κ1) is 10.5. The average molecular weight is 186 g/mol. The van der Waals surface area contributed by atoms with Crippen molar-refractivity contribution in [2.75, 3.05) is 13.2 Å². The van der Waals surface area contributed by atoms with E-state index < -0.39 is 11.4 Å². The van der Waals surface area contributed by atoms with Crippen LogP contribution < -0.4 is 0 Å². The Labute approximate surface area is 79.1 Å². The molecular weight excluding hydrogens is 168 g/mol. The third-order valence-electron chi connectivity index (χ3n) is 3.35. The Kier molecular flexibility index (Phi) is 2.96. The maximum Gasteiger partial charge on any atom is 0.312 e. The van der Waals surface area contributed by atoms with Crippen LogP contribution in [0.3, 0.4) is 0 Å². The Balaban J connectivity index is 2.84. The molecule has 0 aromatic rings. The second-order valence-corrected chi connectivity index (χ2v) is 4.30. The van der Waals surface area contributed by atoms with Gasteiger partial charge in [0.1, 0.15) is 0 Å². The van der Waals surface area contributed by atoms with Crippen LogP contribution in [0.2, 0.25) is 0 Å². The smallest absolute Gasteiger partial charge is 0.312 e. The van der Waals surface area contributed by atoms with Crippen molar-refractivity contribution in [1.29, 1.82) is 0 Å². The van der Waals surface area contributed by atoms with E-state index in [1.807, 2.05) is 6.92 Å². The lowest BCUT2D eigenvalue weighted by molar-refractivity contribution is -0.153. The summed E-state index contributed by atoms with van der Waals surface area (Å²) < 4.78 is 5.21. The van der Waals surface area contributed by atoms with E-state index in [1.54, 1.807) is 0 Å². The van der Waals surface area contributed by atoms with Crippen LogP contribution in [-0.2, 0) is 9.53 Å². The average Bonchev–Trinajstić information content (AvgIpc) is 2.51. The molecule has 3 heteroatoms. The Bertz CT molecular complexity index is 192. The normalized spacial score (nSPS) is 30.8. The highest BCUT2D eigenvalue weighted by Gasteiger charge is 2.47. The van der Waals surface area contributed by atoms with E-state index in [1.165, 1.54) is 0 Å². The van der Waals surface area contributed by atoms with Crippen LogP contribution in [0, 0.1) is 17.3 Å². The van der Waals surface area contributed by atoms with Gasteiger partial charge in [0, 0.05) is 6.61 Å². The third kappa shape index (κ3) is 1.70. The number of ether oxygens (including phenoxy) is 1. The lowest BCUT2D eigenvalue weighted by atomic mass is 9.71. The van der Waals surface area contributed by atoms with Gasteiger partial charge in [-0.15, -0.1) is 0 Å². The van der Waals surface area contributed by atoms with E-state index in [0.717, 1.165) is 0 Å². The number of carbonyl (C=O) groups is 1. The monoisotopic (exact) mass is 186 g/mol. The fourth-order valence-electron chi connectivity index (χ4n) is 1.94. The van der Waals surface area contributed by atoms with E-state index in [2.05, 4.69) is 13.8 Å². The molecule has 2 unspecified atom stereocenters. The molecule has 0 aliphatic carbocycles. The summed E-state index contributed by atoms with van der Waals surface area (Å²) >= 11 is 0. The van der Waals surface area contributed by atoms with Gasteiger partial charge in [0.25, 0.3) is 0 Å². The Morgan fingerprint density at radius 2 is 2.08 bits per heavy atom. The molecule has 0 aromatic heterocycles. The maximum atomic E-state index is 11.2. The second-order valence-electron chi connectivity index (χ2n) is 4.30. The first-order valence-corrected chi connectivity index (χ1v) is 4.82. The van der Waals surface area contributed by atoms with Gasteiger partial charge in [0.05, 0.1) is 12.0 Å². The first-order chi connectivity index (χ1) is 6.00. The molecule has 1 rings (SSSR count). The van der Waals surface area contributed by atoms with E-state index in [4.69, 9.17) is 4.74 Å². The Morgan fingerprint density at radius 1 is 1.46 bits per heavy atom. The maximum absolute atomic E-state index is 11.2. The molecule has 1 fully saturated rings. The summed E-state index contributed by atoms with van der Waals surface area (Å²) in [4.78, 5) is 11.2. The van der Waals surface area contributed by atoms with Crippen LogP contribution >= 0.6 is 0 Å². The summed E-state index contributed by atoms with van der Waals surface area (Å²) in [6.45, 7) is 7.10. The first-order valence-electron chi connectivity index (χ1n) is 4.82. The van der Waals surface area contributed by atoms with E-state index in [9.17, 15) is 9.90 Å². The van der Waals surface area contributed by atoms with Crippen LogP contribution in [0.1, 0.15) is 27.2 Å². The molecule has 1 saturated heterocycles. The van der Waals surface area contributed by atoms with Crippen molar-refractivity contribution in [3.05, 3.63) is 0 Å². The van der Waals surface area contributed by atoms with Gasteiger partial charge in [0.2, 0.25) is 0 Å². The molecule has 3 nitrogen and oxygen atoms in total. The zero-order valence-corrected chi connectivity index (χ0v) is 8.54. The Morgan fingerprint density at radius 3 is 2.38 bits per heavy atom. The lowest BCUT2D eigenvalue weighted by Gasteiger charge is -2.32. The summed E-state index contributed by atoms with van der Waals surface area (Å²) in [6.07, 6.45) is 0.654. The van der Waals surface area contributed by atoms with Crippen LogP contribution in [-0.4, -0.2) is 24.3 Å². The van der Waals surface area contributed by atoms with Gasteiger partial charge in [-0.3, -0.25) is 4.79 Å². The van der Waals surface area contributed by atoms with Crippen molar-refractivity contribution in [3.63, 3.8) is 0 Å². The summed E-state index contributed by atoms with van der Waals surface area (Å²) in [6, 6.07) is 0. The van der Waals surface area contributed by atoms with Gasteiger partial charge in [-0.25, -0.2) is 0 Å². The minimum atomic E-state index is -0.703. The topological polar surface area (TPSA) is 46.5 Å². The zero-order chi connectivity index (χ0) is 10.1. The van der Waals surface area contributed by atoms with Gasteiger partial charge in [-0.1, -0.05) is 20.8 Å². The van der Waals surface area contributed by atoms with Gasteiger partial charge in [-0.2, -0.15) is 0 Å². The van der Waals surface area contributed by atoms with Crippen LogP contribution in [0.5, 0.6) is 0 Å². The molecule has 1 N–H and O–H groups in total. The Hall–Kier alpha value is -0.570. The molecule has 76 valence electrons. The minimum absolute atomic E-state index is 0.174. The molecule has 1 heterocycles. The molecule has 1 aliphatic heterocycles. The molecule has 0 aromatic carbocycles. The largest absolute Gasteiger partial charge is 0.481 e. The number of rotatable bonds is 3. The molecule has 0 bridgehead atoms. The highest BCUT2D eigenvalue weighted by atomic mass is 16.5. The predicted molar refractivity (Wildman–Crippen MR) is 49.5 cm³/mol. The van der Waals surface area contributed by atoms with E-state index in [-0.39, 0.29) is 5.92 Å². The van der Waals surface area contributed by atoms with Crippen molar-refractivity contribution in [1.82, 2.24) is 0 Å². The number of carboxylic acid groups (broad SMARTS) is 1. The number of aliphatic carboxylic acids is 1. The van der Waals surface area contributed by atoms with Crippen molar-refractivity contribution >= 4 is 5.97 Å². The van der Waals surface area contributed by atoms with Crippen molar-refractivity contribution in [2.45, 2.75) is 27.2 Å². The summed E-state index contributed by atoms with van der Waals surface area (Å²) in [7, 11) is 0. The van der Waals surface area contributed by atoms with Gasteiger partial charge >= 0.3 is 5.97 Å². The fraction of sp³-hybridized carbons (Fsp3) is 0.900. The van der Waals surface area contributed by atoms with Crippen LogP contribution in [0.15, 0.2) is 0 Å². The number of carboxylic acids is 1. The molecule has 0 saturated carbocycles. The minimum Gasteiger partial charge on any atom is -0.481 e. The van der Waals surface area contributed by atoms with E-state index >= 15 is 0 Å². The molecule has 1 aliphatic rings. The molecular formula is C10H18O3. The second kappa shape index (κ2) is 3.66. The van der Waals surface area contributed by atoms with Crippen LogP contribution in [0.4, 0.5) is 0 Å². The molecule has 13 heavy (non-hydrogen) atoms. The SMILES string of the molecule is CC(C)C(C)C1(C(=O)O)CCOC1. The lowest BCUT2D eigenvalue weighted by Crippen LogP contribution is -2.40. The number of hydrogen-bond acceptors (Lipinski definition) is 2. The highest BCUT2D eigenvalue weighted by molar-refractivity contribution is 5.75. The molecule has 0 spiro atoms. The van der Waals surface area contributed by atoms with Crippen molar-refractivity contribution in [2.24, 2.45) is 17.3 Å². The summed E-state index contributed by atoms with van der Waals surface area (Å²) in [5, 5.41) is 9.20. The number of hydrogen-bond donors (Lipinski definition) is 1. The van der Waals surface area contributed by atoms with E-state index in [0.29, 0.717) is 25.6 Å². The standard InChI is InChI=1S/C10H18O3/c1-7(2)8(3)10(9(11)12)4-5-13-6-10/h7-8H,4-6H2,1-3H3,(H,11,12). The van der Waals surface area contributed by atoms with Gasteiger partial charge in [0.15, 0.2) is 0 Å². The van der Waals surface area contributed by atoms with Gasteiger partial charge < -0.3 is 9.84 Å². The summed E-state index contributed by atoms with van der Waals surface area (Å²) in [5.74, 6) is -0.142. The van der Waals surface area contributed by atoms with Crippen LogP contribution in [0.25, 0.3) is 0 Å². The summed E-state index contributed by atoms with van der Waals surface area (Å²) in [5.41, 5.74) is -0.631. The molecule has 0 radical (unpaired) electrons. The predicted octanol–water partition coefficient (Wildman–Crippen LogP) is 1.77.